The fraction of sp³-hybridized carbons (Fsp3) is 0.306. The van der Waals surface area contributed by atoms with Crippen molar-refractivity contribution in [2.24, 2.45) is 0 Å². The van der Waals surface area contributed by atoms with Gasteiger partial charge in [-0.15, -0.1) is 0 Å². The van der Waals surface area contributed by atoms with E-state index >= 15 is 0 Å². The molecule has 1 fully saturated rings. The molecule has 4 aromatic rings. The van der Waals surface area contributed by atoms with Crippen molar-refractivity contribution < 1.29 is 33.2 Å². The molecular weight excluding hydrogens is 544 g/mol. The molecule has 1 aliphatic rings. The summed E-state index contributed by atoms with van der Waals surface area (Å²) >= 11 is 0. The number of rotatable bonds is 15. The van der Waals surface area contributed by atoms with Gasteiger partial charge < -0.3 is 28.4 Å². The summed E-state index contributed by atoms with van der Waals surface area (Å²) in [6.07, 6.45) is -3.49. The Hall–Kier alpha value is -3.85. The van der Waals surface area contributed by atoms with Crippen molar-refractivity contribution in [2.75, 3.05) is 6.61 Å². The van der Waals surface area contributed by atoms with Crippen LogP contribution in [0, 0.1) is 0 Å². The number of esters is 1. The molecule has 4 aromatic carbocycles. The van der Waals surface area contributed by atoms with Crippen LogP contribution in [0.2, 0.25) is 0 Å². The molecule has 0 saturated carbocycles. The molecule has 0 amide bonds. The molecule has 1 aliphatic heterocycles. The molecule has 0 N–H and O–H groups in total. The Morgan fingerprint density at radius 3 is 1.56 bits per heavy atom. The van der Waals surface area contributed by atoms with Crippen LogP contribution in [0.4, 0.5) is 0 Å². The summed E-state index contributed by atoms with van der Waals surface area (Å²) in [5.74, 6) is -0.470. The van der Waals surface area contributed by atoms with Crippen LogP contribution in [-0.4, -0.2) is 43.3 Å². The molecule has 1 heterocycles. The van der Waals surface area contributed by atoms with Gasteiger partial charge in [-0.05, 0) is 22.3 Å². The van der Waals surface area contributed by atoms with Gasteiger partial charge in [0, 0.05) is 6.92 Å². The number of ether oxygens (including phenoxy) is 6. The Kier molecular flexibility index (Phi) is 11.5. The highest BCUT2D eigenvalue weighted by molar-refractivity contribution is 5.66. The molecule has 7 heteroatoms. The van der Waals surface area contributed by atoms with Crippen molar-refractivity contribution in [3.63, 3.8) is 0 Å². The van der Waals surface area contributed by atoms with Crippen molar-refractivity contribution in [3.05, 3.63) is 144 Å². The molecule has 5 atom stereocenters. The average molecular weight is 583 g/mol. The lowest BCUT2D eigenvalue weighted by atomic mass is 10.0. The van der Waals surface area contributed by atoms with Crippen LogP contribution < -0.4 is 0 Å². The van der Waals surface area contributed by atoms with Gasteiger partial charge in [0.1, 0.15) is 24.4 Å². The zero-order valence-electron chi connectivity index (χ0n) is 24.3. The first-order valence-electron chi connectivity index (χ1n) is 14.6. The largest absolute Gasteiger partial charge is 0.433 e. The first-order chi connectivity index (χ1) is 21.2. The predicted molar refractivity (Wildman–Crippen MR) is 162 cm³/mol. The zero-order valence-corrected chi connectivity index (χ0v) is 24.3. The van der Waals surface area contributed by atoms with Gasteiger partial charge >= 0.3 is 5.97 Å². The number of carbonyl (C=O) groups is 1. The van der Waals surface area contributed by atoms with E-state index in [2.05, 4.69) is 0 Å². The Balaban J connectivity index is 1.39. The van der Waals surface area contributed by atoms with Crippen LogP contribution in [-0.2, 0) is 59.6 Å². The van der Waals surface area contributed by atoms with Crippen LogP contribution in [0.25, 0.3) is 0 Å². The highest BCUT2D eigenvalue weighted by atomic mass is 16.7. The summed E-state index contributed by atoms with van der Waals surface area (Å²) in [6.45, 7) is 2.96. The number of hydrogen-bond donors (Lipinski definition) is 0. The lowest BCUT2D eigenvalue weighted by Gasteiger charge is -2.29. The Morgan fingerprint density at radius 2 is 1.07 bits per heavy atom. The van der Waals surface area contributed by atoms with E-state index in [-0.39, 0.29) is 6.61 Å². The third kappa shape index (κ3) is 9.32. The molecule has 0 bridgehead atoms. The van der Waals surface area contributed by atoms with Crippen LogP contribution in [0.15, 0.2) is 121 Å². The molecule has 0 radical (unpaired) electrons. The van der Waals surface area contributed by atoms with Gasteiger partial charge in [-0.3, -0.25) is 4.79 Å². The fourth-order valence-corrected chi connectivity index (χ4v) is 4.99. The molecule has 0 aromatic heterocycles. The minimum Gasteiger partial charge on any atom is -0.433 e. The minimum atomic E-state index is -0.982. The molecule has 0 spiro atoms. The second kappa shape index (κ2) is 16.1. The van der Waals surface area contributed by atoms with Crippen molar-refractivity contribution in [1.29, 1.82) is 0 Å². The smallest absolute Gasteiger partial charge is 0.305 e. The molecule has 224 valence electrons. The molecular formula is C36H38O7. The van der Waals surface area contributed by atoms with E-state index in [1.165, 1.54) is 6.92 Å². The summed E-state index contributed by atoms with van der Waals surface area (Å²) in [5, 5.41) is 0. The number of benzene rings is 4. The van der Waals surface area contributed by atoms with Gasteiger partial charge in [0.25, 0.3) is 0 Å². The van der Waals surface area contributed by atoms with E-state index in [1.54, 1.807) is 0 Å². The fourth-order valence-electron chi connectivity index (χ4n) is 4.99. The van der Waals surface area contributed by atoms with E-state index in [9.17, 15) is 4.79 Å². The molecule has 1 unspecified atom stereocenters. The third-order valence-electron chi connectivity index (χ3n) is 7.13. The molecule has 0 aliphatic carbocycles. The standard InChI is InChI=1S/C36H38O7/c1-27(37)42-36-35(41-25-31-20-12-5-13-21-31)34(40-24-30-18-10-4-11-19-30)33(43-36)32(39-23-29-16-8-3-9-17-29)26-38-22-28-14-6-2-7-15-28/h2-21,32-36H,22-26H2,1H3/t32-,33-,34+,35-,36?/m1/s1. The Morgan fingerprint density at radius 1 is 0.628 bits per heavy atom. The monoisotopic (exact) mass is 582 g/mol. The van der Waals surface area contributed by atoms with E-state index < -0.39 is 36.7 Å². The van der Waals surface area contributed by atoms with Gasteiger partial charge in [0.05, 0.1) is 33.0 Å². The highest BCUT2D eigenvalue weighted by Crippen LogP contribution is 2.33. The number of hydrogen-bond acceptors (Lipinski definition) is 7. The van der Waals surface area contributed by atoms with Crippen molar-refractivity contribution in [1.82, 2.24) is 0 Å². The molecule has 1 saturated heterocycles. The van der Waals surface area contributed by atoms with E-state index in [4.69, 9.17) is 28.4 Å². The van der Waals surface area contributed by atoms with E-state index in [1.807, 2.05) is 121 Å². The van der Waals surface area contributed by atoms with Crippen LogP contribution in [0.1, 0.15) is 29.2 Å². The van der Waals surface area contributed by atoms with E-state index in [0.29, 0.717) is 26.4 Å². The number of carbonyl (C=O) groups excluding carboxylic acids is 1. The third-order valence-corrected chi connectivity index (χ3v) is 7.13. The maximum absolute atomic E-state index is 12.2. The van der Waals surface area contributed by atoms with Crippen molar-refractivity contribution >= 4 is 5.97 Å². The normalized spacial score (nSPS) is 20.5. The van der Waals surface area contributed by atoms with Gasteiger partial charge in [-0.2, -0.15) is 0 Å². The SMILES string of the molecule is CC(=O)OC1O[C@H]([C@@H](COCc2ccccc2)OCc2ccccc2)[C@H](OCc2ccccc2)[C@H]1OCc1ccccc1. The van der Waals surface area contributed by atoms with Crippen molar-refractivity contribution in [3.8, 4) is 0 Å². The highest BCUT2D eigenvalue weighted by Gasteiger charge is 2.51. The second-order valence-corrected chi connectivity index (χ2v) is 10.4. The average Bonchev–Trinajstić information content (AvgIpc) is 3.38. The lowest BCUT2D eigenvalue weighted by molar-refractivity contribution is -0.202. The topological polar surface area (TPSA) is 72.5 Å². The van der Waals surface area contributed by atoms with Crippen LogP contribution in [0.3, 0.4) is 0 Å². The molecule has 43 heavy (non-hydrogen) atoms. The summed E-state index contributed by atoms with van der Waals surface area (Å²) < 4.78 is 37.6. The summed E-state index contributed by atoms with van der Waals surface area (Å²) in [7, 11) is 0. The summed E-state index contributed by atoms with van der Waals surface area (Å²) in [6, 6.07) is 39.6. The Bertz CT molecular complexity index is 1350. The second-order valence-electron chi connectivity index (χ2n) is 10.4. The first kappa shape index (κ1) is 30.6. The van der Waals surface area contributed by atoms with Crippen LogP contribution in [0.5, 0.6) is 0 Å². The van der Waals surface area contributed by atoms with Crippen LogP contribution >= 0.6 is 0 Å². The summed E-state index contributed by atoms with van der Waals surface area (Å²) in [5.41, 5.74) is 4.05. The van der Waals surface area contributed by atoms with Gasteiger partial charge in [0.15, 0.2) is 0 Å². The minimum absolute atomic E-state index is 0.232. The molecule has 7 nitrogen and oxygen atoms in total. The quantitative estimate of drug-likeness (QED) is 0.154. The lowest BCUT2D eigenvalue weighted by Crippen LogP contribution is -2.45. The van der Waals surface area contributed by atoms with Crippen molar-refractivity contribution in [2.45, 2.75) is 64.1 Å². The Labute approximate surface area is 253 Å². The van der Waals surface area contributed by atoms with Gasteiger partial charge in [-0.1, -0.05) is 121 Å². The zero-order chi connectivity index (χ0) is 29.7. The van der Waals surface area contributed by atoms with E-state index in [0.717, 1.165) is 22.3 Å². The summed E-state index contributed by atoms with van der Waals surface area (Å²) in [4.78, 5) is 12.2. The van der Waals surface area contributed by atoms with Gasteiger partial charge in [0.2, 0.25) is 6.29 Å². The predicted octanol–water partition coefficient (Wildman–Crippen LogP) is 6.25. The first-order valence-corrected chi connectivity index (χ1v) is 14.6. The maximum atomic E-state index is 12.2. The maximum Gasteiger partial charge on any atom is 0.305 e. The van der Waals surface area contributed by atoms with Gasteiger partial charge in [-0.25, -0.2) is 0 Å². The molecule has 5 rings (SSSR count).